The molecule has 1 saturated heterocycles. The van der Waals surface area contributed by atoms with Crippen LogP contribution in [0.25, 0.3) is 0 Å². The van der Waals surface area contributed by atoms with Crippen molar-refractivity contribution in [2.75, 3.05) is 19.6 Å². The Labute approximate surface area is 136 Å². The summed E-state index contributed by atoms with van der Waals surface area (Å²) in [5.74, 6) is -0.265. The smallest absolute Gasteiger partial charge is 0.338 e. The fraction of sp³-hybridized carbons (Fsp3) is 0.562. The number of fused-ring (bicyclic) bond motifs is 1. The third-order valence-electron chi connectivity index (χ3n) is 4.63. The summed E-state index contributed by atoms with van der Waals surface area (Å²) in [6.07, 6.45) is 1.43. The molecule has 0 saturated carbocycles. The Balaban J connectivity index is 0.00000176. The molecule has 22 heavy (non-hydrogen) atoms. The number of piperidine rings is 1. The van der Waals surface area contributed by atoms with Crippen LogP contribution in [0.5, 0.6) is 0 Å². The first kappa shape index (κ1) is 17.2. The van der Waals surface area contributed by atoms with E-state index in [0.29, 0.717) is 24.8 Å². The Kier molecular flexibility index (Phi) is 5.45. The Morgan fingerprint density at radius 2 is 2.09 bits per heavy atom. The van der Waals surface area contributed by atoms with Gasteiger partial charge in [-0.3, -0.25) is 0 Å². The van der Waals surface area contributed by atoms with Gasteiger partial charge in [0.15, 0.2) is 0 Å². The van der Waals surface area contributed by atoms with E-state index in [0.717, 1.165) is 42.6 Å². The summed E-state index contributed by atoms with van der Waals surface area (Å²) in [4.78, 5) is 13.8. The normalized spacial score (nSPS) is 20.2. The predicted octanol–water partition coefficient (Wildman–Crippen LogP) is 1.54. The fourth-order valence-corrected chi connectivity index (χ4v) is 3.21. The molecule has 1 unspecified atom stereocenters. The Bertz CT molecular complexity index is 557. The maximum atomic E-state index is 11.5. The summed E-state index contributed by atoms with van der Waals surface area (Å²) >= 11 is 0. The molecule has 2 aliphatic rings. The second kappa shape index (κ2) is 6.96. The third-order valence-corrected chi connectivity index (χ3v) is 4.63. The number of cyclic esters (lactones) is 1. The lowest BCUT2D eigenvalue weighted by atomic mass is 9.95. The van der Waals surface area contributed by atoms with Crippen LogP contribution in [0.4, 0.5) is 0 Å². The highest BCUT2D eigenvalue weighted by Crippen LogP contribution is 2.29. The number of hydrogen-bond acceptors (Lipinski definition) is 5. The number of aliphatic hydroxyl groups excluding tert-OH is 1. The molecule has 0 radical (unpaired) electrons. The maximum absolute atomic E-state index is 11.5. The largest absolute Gasteiger partial charge is 0.457 e. The SMILES string of the molecule is Cc1c(C(O)CN2CCC(N)CC2)ccc2c1COC2=O.Cl. The first-order valence-corrected chi connectivity index (χ1v) is 7.51. The lowest BCUT2D eigenvalue weighted by Crippen LogP contribution is -2.41. The zero-order valence-corrected chi connectivity index (χ0v) is 13.6. The molecule has 0 aromatic heterocycles. The molecule has 0 spiro atoms. The molecule has 1 aromatic carbocycles. The quantitative estimate of drug-likeness (QED) is 0.824. The number of carbonyl (C=O) groups excluding carboxylic acids is 1. The molecule has 1 fully saturated rings. The Morgan fingerprint density at radius 1 is 1.41 bits per heavy atom. The monoisotopic (exact) mass is 326 g/mol. The van der Waals surface area contributed by atoms with Crippen molar-refractivity contribution in [3.8, 4) is 0 Å². The molecule has 3 N–H and O–H groups in total. The number of esters is 1. The number of likely N-dealkylation sites (tertiary alicyclic amines) is 1. The van der Waals surface area contributed by atoms with Gasteiger partial charge in [-0.1, -0.05) is 6.07 Å². The molecule has 122 valence electrons. The van der Waals surface area contributed by atoms with Crippen LogP contribution < -0.4 is 5.73 Å². The van der Waals surface area contributed by atoms with Gasteiger partial charge in [0.1, 0.15) is 6.61 Å². The molecular weight excluding hydrogens is 304 g/mol. The van der Waals surface area contributed by atoms with Crippen LogP contribution in [0.15, 0.2) is 12.1 Å². The van der Waals surface area contributed by atoms with E-state index in [-0.39, 0.29) is 18.4 Å². The van der Waals surface area contributed by atoms with E-state index in [1.807, 2.05) is 13.0 Å². The molecular formula is C16H23ClN2O3. The fourth-order valence-electron chi connectivity index (χ4n) is 3.21. The van der Waals surface area contributed by atoms with Gasteiger partial charge in [0.2, 0.25) is 0 Å². The van der Waals surface area contributed by atoms with Crippen LogP contribution in [-0.4, -0.2) is 41.7 Å². The van der Waals surface area contributed by atoms with Crippen molar-refractivity contribution < 1.29 is 14.6 Å². The zero-order valence-electron chi connectivity index (χ0n) is 12.7. The molecule has 6 heteroatoms. The minimum atomic E-state index is -0.541. The van der Waals surface area contributed by atoms with Gasteiger partial charge in [0.25, 0.3) is 0 Å². The molecule has 5 nitrogen and oxygen atoms in total. The van der Waals surface area contributed by atoms with Gasteiger partial charge in [-0.2, -0.15) is 0 Å². The molecule has 2 aliphatic heterocycles. The molecule has 1 aromatic rings. The van der Waals surface area contributed by atoms with Gasteiger partial charge < -0.3 is 20.5 Å². The number of halogens is 1. The van der Waals surface area contributed by atoms with Crippen LogP contribution in [0.3, 0.4) is 0 Å². The van der Waals surface area contributed by atoms with Crippen LogP contribution in [0, 0.1) is 6.92 Å². The van der Waals surface area contributed by atoms with E-state index in [1.54, 1.807) is 6.07 Å². The number of aliphatic hydroxyl groups is 1. The van der Waals surface area contributed by atoms with E-state index in [9.17, 15) is 9.90 Å². The van der Waals surface area contributed by atoms with Gasteiger partial charge in [0, 0.05) is 18.2 Å². The van der Waals surface area contributed by atoms with Gasteiger partial charge in [-0.05, 0) is 50.0 Å². The summed E-state index contributed by atoms with van der Waals surface area (Å²) in [7, 11) is 0. The van der Waals surface area contributed by atoms with Crippen molar-refractivity contribution in [1.29, 1.82) is 0 Å². The second-order valence-corrected chi connectivity index (χ2v) is 6.04. The molecule has 0 amide bonds. The van der Waals surface area contributed by atoms with Crippen molar-refractivity contribution in [2.24, 2.45) is 5.73 Å². The van der Waals surface area contributed by atoms with E-state index < -0.39 is 6.10 Å². The first-order valence-electron chi connectivity index (χ1n) is 7.51. The van der Waals surface area contributed by atoms with Crippen molar-refractivity contribution >= 4 is 18.4 Å². The average molecular weight is 327 g/mol. The lowest BCUT2D eigenvalue weighted by Gasteiger charge is -2.32. The van der Waals surface area contributed by atoms with Crippen LogP contribution in [0.2, 0.25) is 0 Å². The highest BCUT2D eigenvalue weighted by Gasteiger charge is 2.26. The van der Waals surface area contributed by atoms with Crippen molar-refractivity contribution in [2.45, 2.75) is 38.5 Å². The standard InChI is InChI=1S/C16H22N2O3.ClH/c1-10-12(2-3-13-14(10)9-21-16(13)20)15(19)8-18-6-4-11(17)5-7-18;/h2-3,11,15,19H,4-9,17H2,1H3;1H. The summed E-state index contributed by atoms with van der Waals surface area (Å²) in [6.45, 7) is 4.75. The number of nitrogens with zero attached hydrogens (tertiary/aromatic N) is 1. The van der Waals surface area contributed by atoms with E-state index in [2.05, 4.69) is 4.90 Å². The molecule has 2 heterocycles. The lowest BCUT2D eigenvalue weighted by molar-refractivity contribution is 0.0535. The highest BCUT2D eigenvalue weighted by atomic mass is 35.5. The van der Waals surface area contributed by atoms with Gasteiger partial charge in [-0.15, -0.1) is 12.4 Å². The van der Waals surface area contributed by atoms with Crippen molar-refractivity contribution in [1.82, 2.24) is 4.90 Å². The number of carbonyl (C=O) groups is 1. The Morgan fingerprint density at radius 3 is 2.77 bits per heavy atom. The summed E-state index contributed by atoms with van der Waals surface area (Å²) < 4.78 is 5.06. The first-order chi connectivity index (χ1) is 10.1. The van der Waals surface area contributed by atoms with Gasteiger partial charge >= 0.3 is 5.97 Å². The third kappa shape index (κ3) is 3.27. The van der Waals surface area contributed by atoms with E-state index >= 15 is 0 Å². The van der Waals surface area contributed by atoms with Crippen molar-refractivity contribution in [3.05, 3.63) is 34.4 Å². The van der Waals surface area contributed by atoms with Crippen LogP contribution in [-0.2, 0) is 11.3 Å². The van der Waals surface area contributed by atoms with Crippen LogP contribution in [0.1, 0.15) is 46.0 Å². The van der Waals surface area contributed by atoms with Gasteiger partial charge in [-0.25, -0.2) is 4.79 Å². The number of ether oxygens (including phenoxy) is 1. The van der Waals surface area contributed by atoms with Crippen LogP contribution >= 0.6 is 12.4 Å². The summed E-state index contributed by atoms with van der Waals surface area (Å²) in [6, 6.07) is 3.91. The molecule has 3 rings (SSSR count). The summed E-state index contributed by atoms with van der Waals surface area (Å²) in [5.41, 5.74) is 9.31. The topological polar surface area (TPSA) is 75.8 Å². The number of hydrogen-bond donors (Lipinski definition) is 2. The minimum absolute atomic E-state index is 0. The summed E-state index contributed by atoms with van der Waals surface area (Å²) in [5, 5.41) is 10.5. The zero-order chi connectivity index (χ0) is 15.0. The number of nitrogens with two attached hydrogens (primary N) is 1. The number of benzene rings is 1. The molecule has 0 aliphatic carbocycles. The Hall–Kier alpha value is -1.14. The average Bonchev–Trinajstić information content (AvgIpc) is 2.84. The maximum Gasteiger partial charge on any atom is 0.338 e. The predicted molar refractivity (Wildman–Crippen MR) is 86.2 cm³/mol. The number of rotatable bonds is 3. The van der Waals surface area contributed by atoms with Gasteiger partial charge in [0.05, 0.1) is 11.7 Å². The van der Waals surface area contributed by atoms with E-state index in [1.165, 1.54) is 0 Å². The van der Waals surface area contributed by atoms with E-state index in [4.69, 9.17) is 10.5 Å². The molecule has 0 bridgehead atoms. The molecule has 1 atom stereocenters. The number of β-amino-alcohol motifs (C(OH)–C–C–N with tert-alkyl or cyclic N) is 1. The minimum Gasteiger partial charge on any atom is -0.457 e. The van der Waals surface area contributed by atoms with Crippen molar-refractivity contribution in [3.63, 3.8) is 0 Å². The second-order valence-electron chi connectivity index (χ2n) is 6.04. The highest BCUT2D eigenvalue weighted by molar-refractivity contribution is 5.93.